The summed E-state index contributed by atoms with van der Waals surface area (Å²) in [5.74, 6) is 0. The van der Waals surface area contributed by atoms with Gasteiger partial charge in [0.05, 0.1) is 0 Å². The first-order valence-electron chi connectivity index (χ1n) is 8.99. The van der Waals surface area contributed by atoms with Gasteiger partial charge in [0, 0.05) is 0 Å². The van der Waals surface area contributed by atoms with Gasteiger partial charge in [0.25, 0.3) is 0 Å². The van der Waals surface area contributed by atoms with E-state index in [0.717, 1.165) is 24.7 Å². The number of rotatable bonds is 15. The number of hydrogen-bond acceptors (Lipinski definition) is 1. The van der Waals surface area contributed by atoms with Crippen LogP contribution in [0.4, 0.5) is 0 Å². The molecule has 0 aliphatic heterocycles. The molecule has 0 saturated carbocycles. The standard InChI is InChI=1S/C19H36O/c1-3-5-7-9-11-13-15-17-19(18-20)16-14-12-10-8-6-4-2/h17-18H,3-16H2,1-2H3. The first kappa shape index (κ1) is 19.4. The summed E-state index contributed by atoms with van der Waals surface area (Å²) in [6, 6.07) is 0. The van der Waals surface area contributed by atoms with Gasteiger partial charge in [-0.3, -0.25) is 4.79 Å². The molecule has 0 spiro atoms. The van der Waals surface area contributed by atoms with Crippen molar-refractivity contribution in [1.29, 1.82) is 0 Å². The van der Waals surface area contributed by atoms with Crippen molar-refractivity contribution in [2.45, 2.75) is 104 Å². The summed E-state index contributed by atoms with van der Waals surface area (Å²) < 4.78 is 0. The second-order valence-corrected chi connectivity index (χ2v) is 5.97. The first-order valence-corrected chi connectivity index (χ1v) is 8.99. The SMILES string of the molecule is CCCCCCCCC=C(C=O)CCCCCCCC. The molecule has 0 bridgehead atoms. The van der Waals surface area contributed by atoms with Crippen molar-refractivity contribution in [2.24, 2.45) is 0 Å². The Bertz CT molecular complexity index is 230. The van der Waals surface area contributed by atoms with E-state index in [0.29, 0.717) is 0 Å². The number of carbonyl (C=O) groups excluding carboxylic acids is 1. The summed E-state index contributed by atoms with van der Waals surface area (Å²) in [5, 5.41) is 0. The lowest BCUT2D eigenvalue weighted by molar-refractivity contribution is -0.105. The molecule has 0 aromatic carbocycles. The molecule has 0 unspecified atom stereocenters. The lowest BCUT2D eigenvalue weighted by Gasteiger charge is -2.02. The molecule has 1 nitrogen and oxygen atoms in total. The average molecular weight is 280 g/mol. The highest BCUT2D eigenvalue weighted by Gasteiger charge is 1.97. The van der Waals surface area contributed by atoms with Gasteiger partial charge in [-0.1, -0.05) is 84.1 Å². The summed E-state index contributed by atoms with van der Waals surface area (Å²) in [7, 11) is 0. The highest BCUT2D eigenvalue weighted by Crippen LogP contribution is 2.13. The molecule has 1 heteroatoms. The van der Waals surface area contributed by atoms with E-state index in [4.69, 9.17) is 0 Å². The molecule has 0 fully saturated rings. The molecule has 0 saturated heterocycles. The van der Waals surface area contributed by atoms with Gasteiger partial charge in [-0.25, -0.2) is 0 Å². The molecule has 0 aliphatic carbocycles. The zero-order valence-corrected chi connectivity index (χ0v) is 14.0. The molecule has 0 radical (unpaired) electrons. The topological polar surface area (TPSA) is 17.1 Å². The van der Waals surface area contributed by atoms with E-state index in [-0.39, 0.29) is 0 Å². The van der Waals surface area contributed by atoms with Crippen LogP contribution >= 0.6 is 0 Å². The zero-order chi connectivity index (χ0) is 14.9. The van der Waals surface area contributed by atoms with Crippen LogP contribution in [0.25, 0.3) is 0 Å². The third-order valence-corrected chi connectivity index (χ3v) is 3.93. The lowest BCUT2D eigenvalue weighted by atomic mass is 10.0. The predicted octanol–water partition coefficient (Wildman–Crippen LogP) is 6.61. The minimum absolute atomic E-state index is 0.992. The van der Waals surface area contributed by atoms with Crippen LogP contribution in [0, 0.1) is 0 Å². The molecule has 0 aliphatic rings. The van der Waals surface area contributed by atoms with Crippen molar-refractivity contribution in [3.8, 4) is 0 Å². The van der Waals surface area contributed by atoms with Crippen LogP contribution in [-0.2, 0) is 4.79 Å². The summed E-state index contributed by atoms with van der Waals surface area (Å²) in [4.78, 5) is 11.0. The van der Waals surface area contributed by atoms with Crippen LogP contribution in [0.2, 0.25) is 0 Å². The Hall–Kier alpha value is -0.590. The maximum Gasteiger partial charge on any atom is 0.145 e. The maximum absolute atomic E-state index is 11.0. The molecule has 0 atom stereocenters. The Morgan fingerprint density at radius 1 is 0.700 bits per heavy atom. The summed E-state index contributed by atoms with van der Waals surface area (Å²) in [6.07, 6.45) is 21.1. The van der Waals surface area contributed by atoms with E-state index in [1.165, 1.54) is 77.0 Å². The second-order valence-electron chi connectivity index (χ2n) is 5.97. The van der Waals surface area contributed by atoms with Gasteiger partial charge < -0.3 is 0 Å². The summed E-state index contributed by atoms with van der Waals surface area (Å²) in [6.45, 7) is 4.50. The second kappa shape index (κ2) is 16.5. The van der Waals surface area contributed by atoms with Crippen molar-refractivity contribution in [3.05, 3.63) is 11.6 Å². The van der Waals surface area contributed by atoms with Crippen molar-refractivity contribution in [3.63, 3.8) is 0 Å². The molecular weight excluding hydrogens is 244 g/mol. The third kappa shape index (κ3) is 13.8. The minimum atomic E-state index is 0.992. The van der Waals surface area contributed by atoms with Crippen molar-refractivity contribution < 1.29 is 4.79 Å². The highest BCUT2D eigenvalue weighted by molar-refractivity contribution is 5.72. The number of carbonyl (C=O) groups is 1. The largest absolute Gasteiger partial charge is 0.298 e. The number of aldehydes is 1. The maximum atomic E-state index is 11.0. The van der Waals surface area contributed by atoms with Gasteiger partial charge in [0.2, 0.25) is 0 Å². The average Bonchev–Trinajstić information content (AvgIpc) is 2.47. The van der Waals surface area contributed by atoms with Crippen molar-refractivity contribution in [1.82, 2.24) is 0 Å². The summed E-state index contributed by atoms with van der Waals surface area (Å²) in [5.41, 5.74) is 1.04. The van der Waals surface area contributed by atoms with Crippen molar-refractivity contribution in [2.75, 3.05) is 0 Å². The quantitative estimate of drug-likeness (QED) is 0.187. The van der Waals surface area contributed by atoms with E-state index in [1.807, 2.05) is 0 Å². The number of hydrogen-bond donors (Lipinski definition) is 0. The minimum Gasteiger partial charge on any atom is -0.298 e. The fraction of sp³-hybridized carbons (Fsp3) is 0.842. The van der Waals surface area contributed by atoms with Crippen LogP contribution < -0.4 is 0 Å². The molecular formula is C19H36O. The van der Waals surface area contributed by atoms with E-state index in [9.17, 15) is 4.79 Å². The zero-order valence-electron chi connectivity index (χ0n) is 14.0. The highest BCUT2D eigenvalue weighted by atomic mass is 16.1. The molecule has 0 aromatic heterocycles. The Kier molecular flexibility index (Phi) is 16.0. The van der Waals surface area contributed by atoms with Crippen LogP contribution in [0.15, 0.2) is 11.6 Å². The Balaban J connectivity index is 3.48. The first-order chi connectivity index (χ1) is 9.85. The molecule has 0 aromatic rings. The molecule has 0 heterocycles. The predicted molar refractivity (Wildman–Crippen MR) is 90.1 cm³/mol. The Morgan fingerprint density at radius 2 is 1.20 bits per heavy atom. The van der Waals surface area contributed by atoms with E-state index in [1.54, 1.807) is 0 Å². The fourth-order valence-electron chi connectivity index (χ4n) is 2.53. The van der Waals surface area contributed by atoms with Crippen LogP contribution in [-0.4, -0.2) is 6.29 Å². The molecule has 20 heavy (non-hydrogen) atoms. The van der Waals surface area contributed by atoms with E-state index in [2.05, 4.69) is 19.9 Å². The fourth-order valence-corrected chi connectivity index (χ4v) is 2.53. The van der Waals surface area contributed by atoms with E-state index >= 15 is 0 Å². The van der Waals surface area contributed by atoms with Gasteiger partial charge in [-0.2, -0.15) is 0 Å². The molecule has 118 valence electrons. The third-order valence-electron chi connectivity index (χ3n) is 3.93. The Morgan fingerprint density at radius 3 is 1.75 bits per heavy atom. The number of allylic oxidation sites excluding steroid dienone is 2. The summed E-state index contributed by atoms with van der Waals surface area (Å²) >= 11 is 0. The van der Waals surface area contributed by atoms with Gasteiger partial charge in [0.1, 0.15) is 6.29 Å². The number of unbranched alkanes of at least 4 members (excludes halogenated alkanes) is 11. The van der Waals surface area contributed by atoms with Gasteiger partial charge >= 0.3 is 0 Å². The van der Waals surface area contributed by atoms with Gasteiger partial charge in [0.15, 0.2) is 0 Å². The van der Waals surface area contributed by atoms with Gasteiger partial charge in [-0.05, 0) is 31.3 Å². The van der Waals surface area contributed by atoms with E-state index < -0.39 is 0 Å². The Labute approximate surface area is 127 Å². The van der Waals surface area contributed by atoms with Crippen LogP contribution in [0.5, 0.6) is 0 Å². The normalized spacial score (nSPS) is 11.8. The smallest absolute Gasteiger partial charge is 0.145 e. The monoisotopic (exact) mass is 280 g/mol. The lowest BCUT2D eigenvalue weighted by Crippen LogP contribution is -1.87. The molecule has 0 N–H and O–H groups in total. The van der Waals surface area contributed by atoms with Gasteiger partial charge in [-0.15, -0.1) is 0 Å². The van der Waals surface area contributed by atoms with Crippen molar-refractivity contribution >= 4 is 6.29 Å². The van der Waals surface area contributed by atoms with Crippen LogP contribution in [0.1, 0.15) is 104 Å². The van der Waals surface area contributed by atoms with Crippen LogP contribution in [0.3, 0.4) is 0 Å². The molecule has 0 rings (SSSR count). The molecule has 0 amide bonds.